The van der Waals surface area contributed by atoms with Gasteiger partial charge in [-0.1, -0.05) is 12.0 Å². The second-order valence-corrected chi connectivity index (χ2v) is 3.88. The molecule has 0 atom stereocenters. The smallest absolute Gasteiger partial charge is 0.322 e. The maximum absolute atomic E-state index is 11.3. The van der Waals surface area contributed by atoms with E-state index >= 15 is 0 Å². The predicted octanol–water partition coefficient (Wildman–Crippen LogP) is 2.10. The van der Waals surface area contributed by atoms with Crippen molar-refractivity contribution >= 4 is 11.9 Å². The minimum absolute atomic E-state index is 0.0599. The summed E-state index contributed by atoms with van der Waals surface area (Å²) in [7, 11) is 3.11. The summed E-state index contributed by atoms with van der Waals surface area (Å²) in [5.74, 6) is 1.27. The van der Waals surface area contributed by atoms with Crippen molar-refractivity contribution in [3.63, 3.8) is 0 Å². The summed E-state index contributed by atoms with van der Waals surface area (Å²) >= 11 is 0. The van der Waals surface area contributed by atoms with Gasteiger partial charge in [-0.05, 0) is 12.1 Å². The molecule has 0 fully saturated rings. The van der Waals surface area contributed by atoms with E-state index in [0.717, 1.165) is 0 Å². The van der Waals surface area contributed by atoms with Crippen molar-refractivity contribution in [1.29, 1.82) is 0 Å². The lowest BCUT2D eigenvalue weighted by Gasteiger charge is -2.07. The third-order valence-electron chi connectivity index (χ3n) is 2.63. The van der Waals surface area contributed by atoms with Crippen LogP contribution in [0.4, 0.5) is 6.01 Å². The molecule has 1 amide bonds. The molecule has 1 aromatic heterocycles. The molecule has 106 valence electrons. The van der Waals surface area contributed by atoms with Crippen LogP contribution in [0.15, 0.2) is 22.6 Å². The van der Waals surface area contributed by atoms with Crippen molar-refractivity contribution in [2.75, 3.05) is 19.5 Å². The van der Waals surface area contributed by atoms with Gasteiger partial charge in [-0.15, -0.1) is 5.10 Å². The van der Waals surface area contributed by atoms with Crippen molar-refractivity contribution in [2.45, 2.75) is 13.3 Å². The van der Waals surface area contributed by atoms with E-state index in [1.165, 1.54) is 7.11 Å². The van der Waals surface area contributed by atoms with Crippen LogP contribution in [0.2, 0.25) is 0 Å². The highest BCUT2D eigenvalue weighted by Gasteiger charge is 2.15. The number of ether oxygens (including phenoxy) is 2. The largest absolute Gasteiger partial charge is 0.497 e. The summed E-state index contributed by atoms with van der Waals surface area (Å²) in [5, 5.41) is 10.1. The first-order chi connectivity index (χ1) is 9.67. The molecule has 0 aliphatic rings. The molecule has 0 bridgehead atoms. The molecule has 20 heavy (non-hydrogen) atoms. The fourth-order valence-electron chi connectivity index (χ4n) is 1.57. The van der Waals surface area contributed by atoms with Crippen molar-refractivity contribution in [3.8, 4) is 23.0 Å². The number of amides is 1. The lowest BCUT2D eigenvalue weighted by atomic mass is 10.2. The number of aromatic nitrogens is 2. The van der Waals surface area contributed by atoms with Gasteiger partial charge in [0.15, 0.2) is 0 Å². The van der Waals surface area contributed by atoms with E-state index in [-0.39, 0.29) is 17.8 Å². The van der Waals surface area contributed by atoms with E-state index in [1.54, 1.807) is 32.2 Å². The van der Waals surface area contributed by atoms with Gasteiger partial charge in [-0.2, -0.15) is 0 Å². The van der Waals surface area contributed by atoms with Gasteiger partial charge in [0.2, 0.25) is 5.91 Å². The number of methoxy groups -OCH3 is 2. The SMILES string of the molecule is CCC(=O)Nc1nnc(-c2ccc(OC)cc2OC)o1. The number of carbonyl (C=O) groups is 1. The second-order valence-electron chi connectivity index (χ2n) is 3.88. The lowest BCUT2D eigenvalue weighted by molar-refractivity contribution is -0.116. The van der Waals surface area contributed by atoms with Gasteiger partial charge in [0.25, 0.3) is 5.89 Å². The van der Waals surface area contributed by atoms with Crippen LogP contribution in [0.25, 0.3) is 11.5 Å². The molecule has 0 radical (unpaired) electrons. The first-order valence-electron chi connectivity index (χ1n) is 6.03. The van der Waals surface area contributed by atoms with Gasteiger partial charge in [-0.25, -0.2) is 0 Å². The number of rotatable bonds is 5. The third-order valence-corrected chi connectivity index (χ3v) is 2.63. The van der Waals surface area contributed by atoms with Crippen molar-refractivity contribution < 1.29 is 18.7 Å². The van der Waals surface area contributed by atoms with Gasteiger partial charge < -0.3 is 13.9 Å². The molecule has 0 spiro atoms. The topological polar surface area (TPSA) is 86.5 Å². The Morgan fingerprint density at radius 1 is 1.30 bits per heavy atom. The summed E-state index contributed by atoms with van der Waals surface area (Å²) in [6.07, 6.45) is 0.337. The van der Waals surface area contributed by atoms with Crippen LogP contribution in [0.5, 0.6) is 11.5 Å². The summed E-state index contributed by atoms with van der Waals surface area (Å²) in [5.41, 5.74) is 0.623. The molecule has 0 aliphatic carbocycles. The van der Waals surface area contributed by atoms with Crippen molar-refractivity contribution in [2.24, 2.45) is 0 Å². The number of nitrogens with one attached hydrogen (secondary N) is 1. The Hall–Kier alpha value is -2.57. The zero-order chi connectivity index (χ0) is 14.5. The molecule has 0 saturated heterocycles. The molecule has 1 aromatic carbocycles. The van der Waals surface area contributed by atoms with Crippen LogP contribution >= 0.6 is 0 Å². The molecular formula is C13H15N3O4. The van der Waals surface area contributed by atoms with E-state index < -0.39 is 0 Å². The summed E-state index contributed by atoms with van der Waals surface area (Å²) in [6, 6.07) is 5.27. The van der Waals surface area contributed by atoms with E-state index in [1.807, 2.05) is 0 Å². The molecule has 2 rings (SSSR count). The maximum atomic E-state index is 11.3. The van der Waals surface area contributed by atoms with E-state index in [4.69, 9.17) is 13.9 Å². The number of carbonyl (C=O) groups excluding carboxylic acids is 1. The number of hydrogen-bond acceptors (Lipinski definition) is 6. The van der Waals surface area contributed by atoms with E-state index in [2.05, 4.69) is 15.5 Å². The lowest BCUT2D eigenvalue weighted by Crippen LogP contribution is -2.09. The van der Waals surface area contributed by atoms with E-state index in [9.17, 15) is 4.79 Å². The Morgan fingerprint density at radius 2 is 2.10 bits per heavy atom. The Kier molecular flexibility index (Phi) is 4.19. The van der Waals surface area contributed by atoms with Crippen molar-refractivity contribution in [1.82, 2.24) is 10.2 Å². The average molecular weight is 277 g/mol. The highest BCUT2D eigenvalue weighted by Crippen LogP contribution is 2.32. The number of nitrogens with zero attached hydrogens (tertiary/aromatic N) is 2. The molecule has 0 saturated carbocycles. The van der Waals surface area contributed by atoms with Gasteiger partial charge in [0.1, 0.15) is 11.5 Å². The van der Waals surface area contributed by atoms with Gasteiger partial charge in [0.05, 0.1) is 19.8 Å². The van der Waals surface area contributed by atoms with Crippen LogP contribution < -0.4 is 14.8 Å². The molecule has 0 unspecified atom stereocenters. The fraction of sp³-hybridized carbons (Fsp3) is 0.308. The summed E-state index contributed by atoms with van der Waals surface area (Å²) < 4.78 is 15.8. The highest BCUT2D eigenvalue weighted by atomic mass is 16.5. The zero-order valence-corrected chi connectivity index (χ0v) is 11.5. The normalized spacial score (nSPS) is 10.2. The first kappa shape index (κ1) is 13.9. The number of benzene rings is 1. The Morgan fingerprint density at radius 3 is 2.75 bits per heavy atom. The average Bonchev–Trinajstić information content (AvgIpc) is 2.94. The quantitative estimate of drug-likeness (QED) is 0.900. The Balaban J connectivity index is 2.29. The zero-order valence-electron chi connectivity index (χ0n) is 11.5. The molecule has 1 N–H and O–H groups in total. The predicted molar refractivity (Wildman–Crippen MR) is 71.8 cm³/mol. The van der Waals surface area contributed by atoms with Gasteiger partial charge in [0, 0.05) is 12.5 Å². The fourth-order valence-corrected chi connectivity index (χ4v) is 1.57. The third kappa shape index (κ3) is 2.87. The van der Waals surface area contributed by atoms with Crippen LogP contribution in [0.3, 0.4) is 0 Å². The first-order valence-corrected chi connectivity index (χ1v) is 6.03. The number of anilines is 1. The molecular weight excluding hydrogens is 262 g/mol. The van der Waals surface area contributed by atoms with Crippen LogP contribution in [-0.2, 0) is 4.79 Å². The van der Waals surface area contributed by atoms with Gasteiger partial charge >= 0.3 is 6.01 Å². The Labute approximate surface area is 115 Å². The number of hydrogen-bond donors (Lipinski definition) is 1. The summed E-state index contributed by atoms with van der Waals surface area (Å²) in [6.45, 7) is 1.74. The standard InChI is InChI=1S/C13H15N3O4/c1-4-11(17)14-13-16-15-12(20-13)9-6-5-8(18-2)7-10(9)19-3/h5-7H,4H2,1-3H3,(H,14,16,17). The molecule has 0 aliphatic heterocycles. The maximum Gasteiger partial charge on any atom is 0.322 e. The Bertz CT molecular complexity index is 609. The van der Waals surface area contributed by atoms with E-state index in [0.29, 0.717) is 23.5 Å². The van der Waals surface area contributed by atoms with Crippen LogP contribution in [0.1, 0.15) is 13.3 Å². The van der Waals surface area contributed by atoms with Crippen LogP contribution in [-0.4, -0.2) is 30.3 Å². The molecule has 1 heterocycles. The second kappa shape index (κ2) is 6.05. The van der Waals surface area contributed by atoms with Gasteiger partial charge in [-0.3, -0.25) is 10.1 Å². The van der Waals surface area contributed by atoms with Crippen molar-refractivity contribution in [3.05, 3.63) is 18.2 Å². The molecule has 2 aromatic rings. The van der Waals surface area contributed by atoms with Crippen LogP contribution in [0, 0.1) is 0 Å². The molecule has 7 heteroatoms. The highest BCUT2D eigenvalue weighted by molar-refractivity contribution is 5.88. The monoisotopic (exact) mass is 277 g/mol. The summed E-state index contributed by atoms with van der Waals surface area (Å²) in [4.78, 5) is 11.3. The minimum atomic E-state index is -0.193. The molecule has 7 nitrogen and oxygen atoms in total. The minimum Gasteiger partial charge on any atom is -0.497 e.